The number of hydrogen-bond acceptors (Lipinski definition) is 5. The maximum atomic E-state index is 12.5. The van der Waals surface area contributed by atoms with Gasteiger partial charge in [0.15, 0.2) is 0 Å². The summed E-state index contributed by atoms with van der Waals surface area (Å²) in [6.07, 6.45) is 2.81. The molecule has 0 spiro atoms. The van der Waals surface area contributed by atoms with Gasteiger partial charge in [0.05, 0.1) is 12.1 Å². The van der Waals surface area contributed by atoms with Crippen molar-refractivity contribution in [3.63, 3.8) is 0 Å². The number of piperazine rings is 1. The summed E-state index contributed by atoms with van der Waals surface area (Å²) in [5, 5.41) is 3.46. The maximum absolute atomic E-state index is 12.5. The molecule has 2 heterocycles. The van der Waals surface area contributed by atoms with Crippen LogP contribution >= 0.6 is 11.3 Å². The molecule has 8 heteroatoms. The Morgan fingerprint density at radius 2 is 1.76 bits per heavy atom. The number of carbonyl (C=O) groups excluding carboxylic acids is 3. The molecule has 29 heavy (non-hydrogen) atoms. The minimum absolute atomic E-state index is 0.0221. The number of carbonyl (C=O) groups is 3. The number of nitrogens with zero attached hydrogens (tertiary/aromatic N) is 2. The number of aryl methyl sites for hydroxylation is 1. The van der Waals surface area contributed by atoms with Crippen LogP contribution < -0.4 is 11.1 Å². The van der Waals surface area contributed by atoms with Crippen molar-refractivity contribution in [3.05, 3.63) is 51.9 Å². The van der Waals surface area contributed by atoms with E-state index in [2.05, 4.69) is 5.32 Å². The fourth-order valence-corrected chi connectivity index (χ4v) is 5.31. The van der Waals surface area contributed by atoms with Gasteiger partial charge in [-0.25, -0.2) is 0 Å². The van der Waals surface area contributed by atoms with Gasteiger partial charge in [-0.2, -0.15) is 0 Å². The standard InChI is InChI=1S/C21H24N4O3S/c22-19(27)18-15-7-4-8-16(15)29-20(18)23-17(26)13-24-9-11-25(12-10-24)21(28)14-5-2-1-3-6-14/h1-3,5-6H,4,7-13H2,(H2,22,27)(H,23,26). The van der Waals surface area contributed by atoms with Gasteiger partial charge in [-0.1, -0.05) is 18.2 Å². The largest absolute Gasteiger partial charge is 0.365 e. The lowest BCUT2D eigenvalue weighted by Crippen LogP contribution is -2.50. The Morgan fingerprint density at radius 3 is 2.45 bits per heavy atom. The first-order chi connectivity index (χ1) is 14.0. The summed E-state index contributed by atoms with van der Waals surface area (Å²) in [6, 6.07) is 9.23. The number of thiophene rings is 1. The SMILES string of the molecule is NC(=O)c1c(NC(=O)CN2CCN(C(=O)c3ccccc3)CC2)sc2c1CCC2. The molecular weight excluding hydrogens is 388 g/mol. The van der Waals surface area contributed by atoms with Gasteiger partial charge in [-0.3, -0.25) is 19.3 Å². The Morgan fingerprint density at radius 1 is 1.03 bits per heavy atom. The van der Waals surface area contributed by atoms with E-state index in [9.17, 15) is 14.4 Å². The molecule has 1 aliphatic heterocycles. The highest BCUT2D eigenvalue weighted by Gasteiger charge is 2.27. The molecule has 1 saturated heterocycles. The molecule has 3 amide bonds. The molecule has 0 atom stereocenters. The quantitative estimate of drug-likeness (QED) is 0.782. The molecule has 2 aromatic rings. The molecule has 7 nitrogen and oxygen atoms in total. The minimum atomic E-state index is -0.479. The van der Waals surface area contributed by atoms with Gasteiger partial charge in [-0.05, 0) is 37.0 Å². The highest BCUT2D eigenvalue weighted by atomic mass is 32.1. The van der Waals surface area contributed by atoms with Crippen LogP contribution in [0.5, 0.6) is 0 Å². The van der Waals surface area contributed by atoms with Crippen molar-refractivity contribution in [2.75, 3.05) is 38.0 Å². The van der Waals surface area contributed by atoms with E-state index < -0.39 is 5.91 Å². The van der Waals surface area contributed by atoms with Gasteiger partial charge in [0.25, 0.3) is 11.8 Å². The summed E-state index contributed by atoms with van der Waals surface area (Å²) >= 11 is 1.47. The molecule has 3 N–H and O–H groups in total. The number of anilines is 1. The third-order valence-electron chi connectivity index (χ3n) is 5.47. The molecule has 1 fully saturated rings. The average Bonchev–Trinajstić information content (AvgIpc) is 3.29. The predicted octanol–water partition coefficient (Wildman–Crippen LogP) is 1.73. The Kier molecular flexibility index (Phi) is 5.64. The van der Waals surface area contributed by atoms with E-state index in [0.717, 1.165) is 29.7 Å². The van der Waals surface area contributed by atoms with Crippen LogP contribution in [0.25, 0.3) is 0 Å². The van der Waals surface area contributed by atoms with E-state index in [1.165, 1.54) is 11.3 Å². The van der Waals surface area contributed by atoms with Gasteiger partial charge >= 0.3 is 0 Å². The van der Waals surface area contributed by atoms with Gasteiger partial charge in [0.1, 0.15) is 5.00 Å². The van der Waals surface area contributed by atoms with Crippen LogP contribution in [-0.2, 0) is 17.6 Å². The Labute approximate surface area is 173 Å². The van der Waals surface area contributed by atoms with Crippen LogP contribution in [0.15, 0.2) is 30.3 Å². The van der Waals surface area contributed by atoms with Crippen LogP contribution in [0.1, 0.15) is 37.6 Å². The highest BCUT2D eigenvalue weighted by Crippen LogP contribution is 2.38. The number of nitrogens with one attached hydrogen (secondary N) is 1. The maximum Gasteiger partial charge on any atom is 0.253 e. The first kappa shape index (κ1) is 19.6. The van der Waals surface area contributed by atoms with E-state index in [4.69, 9.17) is 5.73 Å². The summed E-state index contributed by atoms with van der Waals surface area (Å²) < 4.78 is 0. The van der Waals surface area contributed by atoms with Crippen molar-refractivity contribution < 1.29 is 14.4 Å². The molecule has 4 rings (SSSR count). The number of hydrogen-bond donors (Lipinski definition) is 2. The zero-order valence-corrected chi connectivity index (χ0v) is 17.0. The third kappa shape index (κ3) is 4.18. The molecule has 0 unspecified atom stereocenters. The van der Waals surface area contributed by atoms with Gasteiger partial charge < -0.3 is 16.0 Å². The number of fused-ring (bicyclic) bond motifs is 1. The van der Waals surface area contributed by atoms with E-state index >= 15 is 0 Å². The molecule has 2 aliphatic rings. The molecule has 1 aromatic heterocycles. The molecule has 0 radical (unpaired) electrons. The second kappa shape index (κ2) is 8.34. The van der Waals surface area contributed by atoms with E-state index in [1.807, 2.05) is 40.1 Å². The molecule has 1 aromatic carbocycles. The molecular formula is C21H24N4O3S. The third-order valence-corrected chi connectivity index (χ3v) is 6.68. The lowest BCUT2D eigenvalue weighted by Gasteiger charge is -2.34. The van der Waals surface area contributed by atoms with Crippen LogP contribution in [0, 0.1) is 0 Å². The fraction of sp³-hybridized carbons (Fsp3) is 0.381. The normalized spacial score (nSPS) is 16.5. The minimum Gasteiger partial charge on any atom is -0.365 e. The van der Waals surface area contributed by atoms with E-state index in [1.54, 1.807) is 0 Å². The summed E-state index contributed by atoms with van der Waals surface area (Å²) in [7, 11) is 0. The van der Waals surface area contributed by atoms with Crippen molar-refractivity contribution in [1.82, 2.24) is 9.80 Å². The van der Waals surface area contributed by atoms with Crippen molar-refractivity contribution >= 4 is 34.1 Å². The molecule has 152 valence electrons. The van der Waals surface area contributed by atoms with E-state index in [0.29, 0.717) is 42.3 Å². The second-order valence-electron chi connectivity index (χ2n) is 7.41. The fourth-order valence-electron chi connectivity index (χ4n) is 3.99. The van der Waals surface area contributed by atoms with Gasteiger partial charge in [0, 0.05) is 36.6 Å². The van der Waals surface area contributed by atoms with Crippen molar-refractivity contribution in [3.8, 4) is 0 Å². The molecule has 1 aliphatic carbocycles. The molecule has 0 saturated carbocycles. The first-order valence-electron chi connectivity index (χ1n) is 9.84. The predicted molar refractivity (Wildman–Crippen MR) is 112 cm³/mol. The van der Waals surface area contributed by atoms with Crippen LogP contribution in [0.3, 0.4) is 0 Å². The number of amides is 3. The average molecular weight is 413 g/mol. The summed E-state index contributed by atoms with van der Waals surface area (Å²) in [6.45, 7) is 2.67. The summed E-state index contributed by atoms with van der Waals surface area (Å²) in [5.74, 6) is -0.614. The van der Waals surface area contributed by atoms with Crippen molar-refractivity contribution in [2.24, 2.45) is 5.73 Å². The van der Waals surface area contributed by atoms with Crippen LogP contribution in [0.4, 0.5) is 5.00 Å². The Balaban J connectivity index is 1.32. The first-order valence-corrected chi connectivity index (χ1v) is 10.7. The van der Waals surface area contributed by atoms with E-state index in [-0.39, 0.29) is 18.4 Å². The summed E-state index contributed by atoms with van der Waals surface area (Å²) in [4.78, 5) is 41.9. The summed E-state index contributed by atoms with van der Waals surface area (Å²) in [5.41, 5.74) is 7.72. The lowest BCUT2D eigenvalue weighted by molar-refractivity contribution is -0.117. The Bertz CT molecular complexity index is 933. The smallest absolute Gasteiger partial charge is 0.253 e. The Hall–Kier alpha value is -2.71. The zero-order valence-electron chi connectivity index (χ0n) is 16.1. The van der Waals surface area contributed by atoms with Crippen molar-refractivity contribution in [1.29, 1.82) is 0 Å². The van der Waals surface area contributed by atoms with Crippen LogP contribution in [-0.4, -0.2) is 60.2 Å². The highest BCUT2D eigenvalue weighted by molar-refractivity contribution is 7.17. The van der Waals surface area contributed by atoms with Crippen LogP contribution in [0.2, 0.25) is 0 Å². The monoisotopic (exact) mass is 412 g/mol. The number of benzene rings is 1. The topological polar surface area (TPSA) is 95.7 Å². The van der Waals surface area contributed by atoms with Gasteiger partial charge in [-0.15, -0.1) is 11.3 Å². The molecule has 0 bridgehead atoms. The van der Waals surface area contributed by atoms with Crippen molar-refractivity contribution in [2.45, 2.75) is 19.3 Å². The number of nitrogens with two attached hydrogens (primary N) is 1. The number of primary amides is 1. The lowest BCUT2D eigenvalue weighted by atomic mass is 10.1. The zero-order chi connectivity index (χ0) is 20.4. The number of rotatable bonds is 5. The van der Waals surface area contributed by atoms with Gasteiger partial charge in [0.2, 0.25) is 5.91 Å². The second-order valence-corrected chi connectivity index (χ2v) is 8.51.